The number of anilines is 1. The van der Waals surface area contributed by atoms with Gasteiger partial charge in [-0.15, -0.1) is 0 Å². The molecule has 138 valence electrons. The van der Waals surface area contributed by atoms with Crippen molar-refractivity contribution in [3.63, 3.8) is 0 Å². The standard InChI is InChI=1S/C22H28N2O2/c1-2-22(26)24(19-11-7-4-8-12-19)20-13-15-23(16-14-20)17-21(25)18-9-5-3-6-10-18/h3-12,20-21,25H,2,13-17H2,1H3/i1D3,2D2,4D,7D,8D,11D,12D. The zero-order valence-electron chi connectivity index (χ0n) is 24.3. The number of carbonyl (C=O) groups is 1. The number of aliphatic hydroxyl groups is 1. The molecule has 1 amide bonds. The molecule has 1 saturated heterocycles. The van der Waals surface area contributed by atoms with E-state index < -0.39 is 67.2 Å². The van der Waals surface area contributed by atoms with E-state index in [0.717, 1.165) is 10.5 Å². The van der Waals surface area contributed by atoms with Crippen LogP contribution in [0.1, 0.15) is 51.4 Å². The SMILES string of the molecule is [2H]c1c([2H])c([2H])c(N(C(=O)C([2H])([2H])C([2H])([2H])[2H])C2CCN(CC(O)c3ccccc3)CC2)c([2H])c1[2H]. The highest BCUT2D eigenvalue weighted by Gasteiger charge is 2.29. The van der Waals surface area contributed by atoms with Crippen LogP contribution in [0.25, 0.3) is 0 Å². The smallest absolute Gasteiger partial charge is 0.226 e. The molecule has 0 aliphatic carbocycles. The molecule has 4 nitrogen and oxygen atoms in total. The lowest BCUT2D eigenvalue weighted by Gasteiger charge is -2.39. The molecule has 0 radical (unpaired) electrons. The minimum Gasteiger partial charge on any atom is -0.387 e. The molecule has 2 aromatic carbocycles. The molecule has 2 aromatic rings. The van der Waals surface area contributed by atoms with Gasteiger partial charge in [0.15, 0.2) is 0 Å². The van der Waals surface area contributed by atoms with Crippen LogP contribution in [0.3, 0.4) is 0 Å². The summed E-state index contributed by atoms with van der Waals surface area (Å²) in [7, 11) is 0. The van der Waals surface area contributed by atoms with Crippen LogP contribution in [0, 0.1) is 0 Å². The van der Waals surface area contributed by atoms with Crippen LogP contribution in [0.15, 0.2) is 60.5 Å². The third-order valence-electron chi connectivity index (χ3n) is 4.59. The number of aliphatic hydroxyl groups excluding tert-OH is 1. The molecular formula is C22H28N2O2. The van der Waals surface area contributed by atoms with Crippen molar-refractivity contribution in [2.75, 3.05) is 24.5 Å². The lowest BCUT2D eigenvalue weighted by Crippen LogP contribution is -2.48. The van der Waals surface area contributed by atoms with E-state index in [1.807, 2.05) is 23.1 Å². The molecule has 3 rings (SSSR count). The van der Waals surface area contributed by atoms with Gasteiger partial charge < -0.3 is 14.9 Å². The summed E-state index contributed by atoms with van der Waals surface area (Å²) < 4.78 is 79.0. The fourth-order valence-electron chi connectivity index (χ4n) is 3.26. The Kier molecular flexibility index (Phi) is 3.34. The van der Waals surface area contributed by atoms with E-state index in [9.17, 15) is 9.90 Å². The summed E-state index contributed by atoms with van der Waals surface area (Å²) in [5.41, 5.74) is 0.198. The van der Waals surface area contributed by atoms with Gasteiger partial charge in [-0.2, -0.15) is 0 Å². The lowest BCUT2D eigenvalue weighted by molar-refractivity contribution is -0.119. The van der Waals surface area contributed by atoms with Crippen LogP contribution in [-0.2, 0) is 4.79 Å². The Hall–Kier alpha value is -2.17. The second kappa shape index (κ2) is 8.97. The summed E-state index contributed by atoms with van der Waals surface area (Å²) in [6, 6.07) is 4.73. The van der Waals surface area contributed by atoms with Gasteiger partial charge in [0.1, 0.15) is 0 Å². The fraction of sp³-hybridized carbons (Fsp3) is 0.409. The summed E-state index contributed by atoms with van der Waals surface area (Å²) in [4.78, 5) is 16.1. The molecule has 1 heterocycles. The number of hydrogen-bond acceptors (Lipinski definition) is 3. The third kappa shape index (κ3) is 4.51. The predicted molar refractivity (Wildman–Crippen MR) is 105 cm³/mol. The predicted octanol–water partition coefficient (Wildman–Crippen LogP) is 3.63. The van der Waals surface area contributed by atoms with Crippen LogP contribution in [0.5, 0.6) is 0 Å². The van der Waals surface area contributed by atoms with Gasteiger partial charge >= 0.3 is 0 Å². The minimum atomic E-state index is -3.35. The molecule has 4 heteroatoms. The molecule has 1 fully saturated rings. The zero-order valence-corrected chi connectivity index (χ0v) is 14.3. The van der Waals surface area contributed by atoms with E-state index in [2.05, 4.69) is 0 Å². The van der Waals surface area contributed by atoms with Gasteiger partial charge in [0.2, 0.25) is 5.91 Å². The first kappa shape index (κ1) is 9.67. The molecule has 1 atom stereocenters. The second-order valence-electron chi connectivity index (χ2n) is 6.23. The molecule has 0 spiro atoms. The van der Waals surface area contributed by atoms with Crippen molar-refractivity contribution in [2.24, 2.45) is 0 Å². The Morgan fingerprint density at radius 3 is 2.65 bits per heavy atom. The van der Waals surface area contributed by atoms with Crippen LogP contribution in [0.4, 0.5) is 5.69 Å². The molecule has 1 N–H and O–H groups in total. The van der Waals surface area contributed by atoms with Crippen molar-refractivity contribution in [1.82, 2.24) is 4.90 Å². The zero-order chi connectivity index (χ0) is 27.0. The van der Waals surface area contributed by atoms with E-state index in [4.69, 9.17) is 13.7 Å². The van der Waals surface area contributed by atoms with E-state index in [0.29, 0.717) is 19.6 Å². The third-order valence-corrected chi connectivity index (χ3v) is 4.59. The summed E-state index contributed by atoms with van der Waals surface area (Å²) in [5, 5.41) is 10.5. The van der Waals surface area contributed by atoms with E-state index in [1.165, 1.54) is 0 Å². The number of carbonyl (C=O) groups excluding carboxylic acids is 1. The number of nitrogens with zero attached hydrogens (tertiary/aromatic N) is 2. The number of rotatable bonds is 6. The number of β-amino-alcohol motifs (C(OH)–C–C–N with tert-alkyl or cyclic N) is 1. The van der Waals surface area contributed by atoms with Crippen molar-refractivity contribution >= 4 is 11.6 Å². The molecule has 0 aromatic heterocycles. The summed E-state index contributed by atoms with van der Waals surface area (Å²) in [6.07, 6.45) is -3.68. The van der Waals surface area contributed by atoms with Crippen LogP contribution in [-0.4, -0.2) is 41.6 Å². The number of para-hydroxylation sites is 1. The first-order valence-corrected chi connectivity index (χ1v) is 8.54. The largest absolute Gasteiger partial charge is 0.387 e. The second-order valence-corrected chi connectivity index (χ2v) is 6.23. The average molecular weight is 363 g/mol. The molecule has 1 unspecified atom stereocenters. The monoisotopic (exact) mass is 362 g/mol. The Bertz CT molecular complexity index is 1070. The van der Waals surface area contributed by atoms with Gasteiger partial charge in [-0.05, 0) is 30.5 Å². The topological polar surface area (TPSA) is 43.8 Å². The summed E-state index contributed by atoms with van der Waals surface area (Å²) >= 11 is 0. The molecule has 1 aliphatic heterocycles. The van der Waals surface area contributed by atoms with Gasteiger partial charge in [-0.3, -0.25) is 4.79 Å². The highest BCUT2D eigenvalue weighted by atomic mass is 16.3. The van der Waals surface area contributed by atoms with Gasteiger partial charge in [0.25, 0.3) is 0 Å². The van der Waals surface area contributed by atoms with Crippen LogP contribution in [0.2, 0.25) is 0 Å². The number of amides is 1. The maximum absolute atomic E-state index is 13.4. The van der Waals surface area contributed by atoms with E-state index in [-0.39, 0.29) is 12.8 Å². The summed E-state index contributed by atoms with van der Waals surface area (Å²) in [5.74, 6) is -1.48. The lowest BCUT2D eigenvalue weighted by atomic mass is 10.0. The average Bonchev–Trinajstić information content (AvgIpc) is 2.84. The van der Waals surface area contributed by atoms with E-state index in [1.54, 1.807) is 12.1 Å². The maximum Gasteiger partial charge on any atom is 0.226 e. The quantitative estimate of drug-likeness (QED) is 0.853. The molecule has 0 saturated carbocycles. The highest BCUT2D eigenvalue weighted by molar-refractivity contribution is 5.93. The van der Waals surface area contributed by atoms with E-state index >= 15 is 0 Å². The number of likely N-dealkylation sites (tertiary alicyclic amines) is 1. The Morgan fingerprint density at radius 1 is 1.31 bits per heavy atom. The van der Waals surface area contributed by atoms with Crippen molar-refractivity contribution in [3.8, 4) is 0 Å². The van der Waals surface area contributed by atoms with Gasteiger partial charge in [-0.25, -0.2) is 0 Å². The van der Waals surface area contributed by atoms with Crippen LogP contribution < -0.4 is 4.90 Å². The molecular weight excluding hydrogens is 324 g/mol. The Balaban J connectivity index is 1.93. The maximum atomic E-state index is 13.4. The molecule has 26 heavy (non-hydrogen) atoms. The van der Waals surface area contributed by atoms with Crippen molar-refractivity contribution in [3.05, 3.63) is 66.1 Å². The van der Waals surface area contributed by atoms with Gasteiger partial charge in [0.05, 0.1) is 13.0 Å². The number of benzene rings is 2. The highest BCUT2D eigenvalue weighted by Crippen LogP contribution is 2.25. The first-order valence-electron chi connectivity index (χ1n) is 13.5. The van der Waals surface area contributed by atoms with Crippen LogP contribution >= 0.6 is 0 Å². The van der Waals surface area contributed by atoms with Crippen molar-refractivity contribution < 1.29 is 23.6 Å². The Morgan fingerprint density at radius 2 is 2.00 bits per heavy atom. The normalized spacial score (nSPS) is 23.6. The molecule has 0 bridgehead atoms. The molecule has 1 aliphatic rings. The fourth-order valence-corrected chi connectivity index (χ4v) is 3.26. The van der Waals surface area contributed by atoms with Gasteiger partial charge in [0, 0.05) is 44.6 Å². The van der Waals surface area contributed by atoms with Gasteiger partial charge in [-0.1, -0.05) is 55.3 Å². The minimum absolute atomic E-state index is 0.215. The number of piperidine rings is 1. The van der Waals surface area contributed by atoms with Crippen molar-refractivity contribution in [2.45, 2.75) is 38.2 Å². The number of hydrogen-bond donors (Lipinski definition) is 1. The Labute approximate surface area is 170 Å². The van der Waals surface area contributed by atoms with Crippen molar-refractivity contribution in [1.29, 1.82) is 0 Å². The first-order chi connectivity index (χ1) is 16.7. The summed E-state index contributed by atoms with van der Waals surface area (Å²) in [6.45, 7) is -2.33.